The van der Waals surface area contributed by atoms with Crippen LogP contribution < -0.4 is 5.32 Å². The second-order valence-corrected chi connectivity index (χ2v) is 7.32. The van der Waals surface area contributed by atoms with Crippen molar-refractivity contribution < 1.29 is 9.59 Å². The molecule has 28 heavy (non-hydrogen) atoms. The van der Waals surface area contributed by atoms with Crippen molar-refractivity contribution in [3.8, 4) is 0 Å². The molecule has 4 nitrogen and oxygen atoms in total. The molecule has 0 bridgehead atoms. The number of rotatable bonds is 10. The van der Waals surface area contributed by atoms with Gasteiger partial charge in [-0.3, -0.25) is 9.59 Å². The highest BCUT2D eigenvalue weighted by Crippen LogP contribution is 2.14. The van der Waals surface area contributed by atoms with Crippen LogP contribution in [-0.4, -0.2) is 29.3 Å². The van der Waals surface area contributed by atoms with Crippen molar-refractivity contribution in [2.75, 3.05) is 6.54 Å². The molecular weight excluding hydrogens is 348 g/mol. The highest BCUT2D eigenvalue weighted by molar-refractivity contribution is 5.87. The zero-order chi connectivity index (χ0) is 20.4. The Balaban J connectivity index is 2.09. The third-order valence-electron chi connectivity index (χ3n) is 4.90. The SMILES string of the molecule is CCCCNC(=O)[C@@H](C)N(Cc1cccc(C)c1)C(=O)CCc1ccccc1. The number of nitrogens with zero attached hydrogens (tertiary/aromatic N) is 1. The lowest BCUT2D eigenvalue weighted by Crippen LogP contribution is -2.47. The topological polar surface area (TPSA) is 49.4 Å². The Morgan fingerprint density at radius 2 is 1.75 bits per heavy atom. The van der Waals surface area contributed by atoms with E-state index in [0.29, 0.717) is 25.9 Å². The largest absolute Gasteiger partial charge is 0.354 e. The van der Waals surface area contributed by atoms with E-state index in [9.17, 15) is 9.59 Å². The van der Waals surface area contributed by atoms with Crippen molar-refractivity contribution in [2.45, 2.75) is 59.0 Å². The van der Waals surface area contributed by atoms with E-state index in [0.717, 1.165) is 29.5 Å². The van der Waals surface area contributed by atoms with Gasteiger partial charge >= 0.3 is 0 Å². The predicted octanol–water partition coefficient (Wildman–Crippen LogP) is 4.26. The van der Waals surface area contributed by atoms with Gasteiger partial charge in [0, 0.05) is 19.5 Å². The first-order chi connectivity index (χ1) is 13.5. The van der Waals surface area contributed by atoms with Gasteiger partial charge in [0.2, 0.25) is 11.8 Å². The summed E-state index contributed by atoms with van der Waals surface area (Å²) in [6.45, 7) is 7.03. The first-order valence-corrected chi connectivity index (χ1v) is 10.2. The Morgan fingerprint density at radius 1 is 1.04 bits per heavy atom. The van der Waals surface area contributed by atoms with Crippen LogP contribution in [0.15, 0.2) is 54.6 Å². The average Bonchev–Trinajstić information content (AvgIpc) is 2.70. The molecule has 1 N–H and O–H groups in total. The van der Waals surface area contributed by atoms with Crippen LogP contribution in [0.2, 0.25) is 0 Å². The number of amides is 2. The molecule has 0 aromatic heterocycles. The van der Waals surface area contributed by atoms with Crippen LogP contribution in [0.5, 0.6) is 0 Å². The van der Waals surface area contributed by atoms with Crippen LogP contribution in [0, 0.1) is 6.92 Å². The Morgan fingerprint density at radius 3 is 2.43 bits per heavy atom. The van der Waals surface area contributed by atoms with Gasteiger partial charge in [-0.1, -0.05) is 73.5 Å². The molecule has 0 unspecified atom stereocenters. The number of aryl methyl sites for hydroxylation is 2. The molecule has 150 valence electrons. The molecule has 0 aliphatic heterocycles. The van der Waals surface area contributed by atoms with Gasteiger partial charge in [0.15, 0.2) is 0 Å². The van der Waals surface area contributed by atoms with Gasteiger partial charge in [-0.2, -0.15) is 0 Å². The Labute approximate surface area is 169 Å². The number of nitrogens with one attached hydrogen (secondary N) is 1. The normalized spacial score (nSPS) is 11.7. The van der Waals surface area contributed by atoms with E-state index in [-0.39, 0.29) is 11.8 Å². The van der Waals surface area contributed by atoms with Crippen LogP contribution in [-0.2, 0) is 22.6 Å². The van der Waals surface area contributed by atoms with Gasteiger partial charge in [-0.05, 0) is 37.8 Å². The first-order valence-electron chi connectivity index (χ1n) is 10.2. The van der Waals surface area contributed by atoms with Crippen molar-refractivity contribution >= 4 is 11.8 Å². The maximum atomic E-state index is 13.0. The monoisotopic (exact) mass is 380 g/mol. The summed E-state index contributed by atoms with van der Waals surface area (Å²) >= 11 is 0. The molecule has 4 heteroatoms. The zero-order valence-corrected chi connectivity index (χ0v) is 17.3. The molecule has 0 saturated carbocycles. The van der Waals surface area contributed by atoms with Crippen molar-refractivity contribution in [3.05, 3.63) is 71.3 Å². The number of benzene rings is 2. The summed E-state index contributed by atoms with van der Waals surface area (Å²) in [7, 11) is 0. The predicted molar refractivity (Wildman–Crippen MR) is 114 cm³/mol. The first kappa shape index (κ1) is 21.7. The van der Waals surface area contributed by atoms with Crippen molar-refractivity contribution in [2.24, 2.45) is 0 Å². The van der Waals surface area contributed by atoms with E-state index in [1.54, 1.807) is 4.90 Å². The van der Waals surface area contributed by atoms with Crippen LogP contribution in [0.25, 0.3) is 0 Å². The standard InChI is InChI=1S/C24H32N2O2/c1-4-5-16-25-24(28)20(3)26(18-22-13-9-10-19(2)17-22)23(27)15-14-21-11-7-6-8-12-21/h6-13,17,20H,4-5,14-16,18H2,1-3H3,(H,25,28)/t20-/m1/s1. The van der Waals surface area contributed by atoms with Crippen molar-refractivity contribution in [3.63, 3.8) is 0 Å². The Bertz CT molecular complexity index is 758. The molecule has 0 aliphatic carbocycles. The minimum absolute atomic E-state index is 0.00324. The van der Waals surface area contributed by atoms with Gasteiger partial charge in [0.05, 0.1) is 0 Å². The lowest BCUT2D eigenvalue weighted by molar-refractivity contribution is -0.140. The lowest BCUT2D eigenvalue weighted by Gasteiger charge is -2.29. The van der Waals surface area contributed by atoms with E-state index in [1.165, 1.54) is 0 Å². The molecule has 0 radical (unpaired) electrons. The fraction of sp³-hybridized carbons (Fsp3) is 0.417. The molecule has 0 fully saturated rings. The van der Waals surface area contributed by atoms with Crippen LogP contribution in [0.4, 0.5) is 0 Å². The maximum absolute atomic E-state index is 13.0. The molecule has 0 spiro atoms. The quantitative estimate of drug-likeness (QED) is 0.626. The van der Waals surface area contributed by atoms with Crippen molar-refractivity contribution in [1.29, 1.82) is 0 Å². The molecule has 1 atom stereocenters. The van der Waals surface area contributed by atoms with E-state index in [2.05, 4.69) is 18.3 Å². The van der Waals surface area contributed by atoms with E-state index in [4.69, 9.17) is 0 Å². The van der Waals surface area contributed by atoms with Crippen LogP contribution in [0.3, 0.4) is 0 Å². The lowest BCUT2D eigenvalue weighted by atomic mass is 10.1. The smallest absolute Gasteiger partial charge is 0.242 e. The fourth-order valence-electron chi connectivity index (χ4n) is 3.17. The third-order valence-corrected chi connectivity index (χ3v) is 4.90. The molecule has 0 heterocycles. The van der Waals surface area contributed by atoms with E-state index in [1.807, 2.05) is 62.4 Å². The molecule has 2 amide bonds. The second-order valence-electron chi connectivity index (χ2n) is 7.32. The number of unbranched alkanes of at least 4 members (excludes halogenated alkanes) is 1. The molecular formula is C24H32N2O2. The number of hydrogen-bond donors (Lipinski definition) is 1. The summed E-state index contributed by atoms with van der Waals surface area (Å²) in [5, 5.41) is 2.96. The van der Waals surface area contributed by atoms with Crippen LogP contribution >= 0.6 is 0 Å². The summed E-state index contributed by atoms with van der Waals surface area (Å²) in [6.07, 6.45) is 3.03. The van der Waals surface area contributed by atoms with Crippen molar-refractivity contribution in [1.82, 2.24) is 10.2 Å². The van der Waals surface area contributed by atoms with Gasteiger partial charge in [-0.15, -0.1) is 0 Å². The highest BCUT2D eigenvalue weighted by Gasteiger charge is 2.25. The van der Waals surface area contributed by atoms with E-state index < -0.39 is 6.04 Å². The van der Waals surface area contributed by atoms with Gasteiger partial charge in [-0.25, -0.2) is 0 Å². The fourth-order valence-corrected chi connectivity index (χ4v) is 3.17. The minimum atomic E-state index is -0.499. The molecule has 0 aliphatic rings. The number of carbonyl (C=O) groups is 2. The highest BCUT2D eigenvalue weighted by atomic mass is 16.2. The molecule has 2 rings (SSSR count). The molecule has 0 saturated heterocycles. The van der Waals surface area contributed by atoms with Crippen LogP contribution in [0.1, 0.15) is 49.8 Å². The zero-order valence-electron chi connectivity index (χ0n) is 17.3. The number of carbonyl (C=O) groups excluding carboxylic acids is 2. The van der Waals surface area contributed by atoms with Gasteiger partial charge in [0.25, 0.3) is 0 Å². The molecule has 2 aromatic carbocycles. The van der Waals surface area contributed by atoms with Gasteiger partial charge < -0.3 is 10.2 Å². The van der Waals surface area contributed by atoms with Gasteiger partial charge in [0.1, 0.15) is 6.04 Å². The summed E-state index contributed by atoms with van der Waals surface area (Å²) in [6, 6.07) is 17.6. The summed E-state index contributed by atoms with van der Waals surface area (Å²) in [4.78, 5) is 27.3. The average molecular weight is 381 g/mol. The second kappa shape index (κ2) is 11.3. The minimum Gasteiger partial charge on any atom is -0.354 e. The third kappa shape index (κ3) is 6.84. The maximum Gasteiger partial charge on any atom is 0.242 e. The summed E-state index contributed by atoms with van der Waals surface area (Å²) in [5.74, 6) is -0.0855. The summed E-state index contributed by atoms with van der Waals surface area (Å²) in [5.41, 5.74) is 3.32. The molecule has 2 aromatic rings. The summed E-state index contributed by atoms with van der Waals surface area (Å²) < 4.78 is 0. The Hall–Kier alpha value is -2.62. The van der Waals surface area contributed by atoms with E-state index >= 15 is 0 Å². The number of hydrogen-bond acceptors (Lipinski definition) is 2. The Kier molecular flexibility index (Phi) is 8.73.